The van der Waals surface area contributed by atoms with Crippen LogP contribution in [-0.2, 0) is 9.53 Å². The fraction of sp³-hybridized carbons (Fsp3) is 0.333. The first kappa shape index (κ1) is 21.3. The van der Waals surface area contributed by atoms with Crippen molar-refractivity contribution < 1.29 is 19.1 Å². The van der Waals surface area contributed by atoms with Gasteiger partial charge in [0.25, 0.3) is 5.91 Å². The van der Waals surface area contributed by atoms with Crippen molar-refractivity contribution in [3.63, 3.8) is 0 Å². The van der Waals surface area contributed by atoms with E-state index in [0.29, 0.717) is 24.0 Å². The Bertz CT molecular complexity index is 955. The molecule has 0 spiro atoms. The van der Waals surface area contributed by atoms with E-state index in [1.807, 2.05) is 6.07 Å². The second-order valence-electron chi connectivity index (χ2n) is 7.56. The molecule has 2 aromatic rings. The number of rotatable bonds is 6. The van der Waals surface area contributed by atoms with Crippen molar-refractivity contribution in [1.82, 2.24) is 5.32 Å². The average molecular weight is 404 g/mol. The van der Waals surface area contributed by atoms with Gasteiger partial charge in [-0.25, -0.2) is 4.79 Å². The molecule has 1 fully saturated rings. The summed E-state index contributed by atoms with van der Waals surface area (Å²) in [6.07, 6.45) is 2.99. The zero-order valence-corrected chi connectivity index (χ0v) is 16.9. The lowest BCUT2D eigenvalue weighted by molar-refractivity contribution is -0.130. The van der Waals surface area contributed by atoms with Crippen LogP contribution in [0.4, 0.5) is 0 Å². The van der Waals surface area contributed by atoms with Crippen LogP contribution in [0, 0.1) is 11.3 Å². The summed E-state index contributed by atoms with van der Waals surface area (Å²) in [5.41, 5.74) is 0.381. The number of ether oxygens (including phenoxy) is 1. The molecule has 6 heteroatoms. The Morgan fingerprint density at radius 1 is 0.933 bits per heavy atom. The molecule has 2 aromatic carbocycles. The van der Waals surface area contributed by atoms with Crippen molar-refractivity contribution in [3.8, 4) is 6.07 Å². The summed E-state index contributed by atoms with van der Waals surface area (Å²) in [6, 6.07) is 17.2. The topological polar surface area (TPSA) is 96.3 Å². The van der Waals surface area contributed by atoms with Gasteiger partial charge in [0.05, 0.1) is 11.6 Å². The van der Waals surface area contributed by atoms with Gasteiger partial charge in [-0.3, -0.25) is 9.59 Å². The highest BCUT2D eigenvalue weighted by atomic mass is 16.5. The molecule has 1 atom stereocenters. The summed E-state index contributed by atoms with van der Waals surface area (Å²) in [7, 11) is 0. The second kappa shape index (κ2) is 9.36. The van der Waals surface area contributed by atoms with E-state index >= 15 is 0 Å². The van der Waals surface area contributed by atoms with Crippen molar-refractivity contribution in [2.24, 2.45) is 0 Å². The molecule has 1 aliphatic rings. The van der Waals surface area contributed by atoms with Gasteiger partial charge in [-0.2, -0.15) is 5.26 Å². The molecule has 154 valence electrons. The van der Waals surface area contributed by atoms with E-state index in [-0.39, 0.29) is 11.3 Å². The number of nitrogens with one attached hydrogen (secondary N) is 1. The van der Waals surface area contributed by atoms with Gasteiger partial charge < -0.3 is 10.1 Å². The smallest absolute Gasteiger partial charge is 0.338 e. The molecule has 3 rings (SSSR count). The molecule has 0 aliphatic heterocycles. The van der Waals surface area contributed by atoms with Crippen molar-refractivity contribution in [3.05, 3.63) is 71.3 Å². The number of amides is 1. The van der Waals surface area contributed by atoms with Crippen molar-refractivity contribution in [2.45, 2.75) is 50.7 Å². The summed E-state index contributed by atoms with van der Waals surface area (Å²) in [5, 5.41) is 12.2. The number of hydrogen-bond acceptors (Lipinski definition) is 5. The number of benzene rings is 2. The Morgan fingerprint density at radius 2 is 1.50 bits per heavy atom. The molecule has 0 heterocycles. The van der Waals surface area contributed by atoms with E-state index in [0.717, 1.165) is 19.3 Å². The minimum atomic E-state index is -1.03. The molecule has 0 unspecified atom stereocenters. The van der Waals surface area contributed by atoms with E-state index in [1.165, 1.54) is 19.1 Å². The van der Waals surface area contributed by atoms with Crippen LogP contribution in [0.25, 0.3) is 0 Å². The highest BCUT2D eigenvalue weighted by Gasteiger charge is 2.35. The normalized spacial score (nSPS) is 16.0. The van der Waals surface area contributed by atoms with Crippen LogP contribution in [0.1, 0.15) is 65.3 Å². The number of nitriles is 1. The largest absolute Gasteiger partial charge is 0.449 e. The van der Waals surface area contributed by atoms with Crippen molar-refractivity contribution in [1.29, 1.82) is 5.26 Å². The zero-order chi connectivity index (χ0) is 21.6. The molecule has 6 nitrogen and oxygen atoms in total. The summed E-state index contributed by atoms with van der Waals surface area (Å²) in [6.45, 7) is 1.48. The quantitative estimate of drug-likeness (QED) is 0.583. The minimum Gasteiger partial charge on any atom is -0.449 e. The van der Waals surface area contributed by atoms with Crippen LogP contribution >= 0.6 is 0 Å². The standard InChI is InChI=1S/C24H24N2O4/c1-17(22(28)26-24(16-25)14-6-3-7-15-24)30-23(29)20-12-10-19(11-13-20)21(27)18-8-4-2-5-9-18/h2,4-5,8-13,17H,3,6-7,14-15H2,1H3,(H,26,28)/t17-/m1/s1. The lowest BCUT2D eigenvalue weighted by Gasteiger charge is -2.32. The van der Waals surface area contributed by atoms with Crippen molar-refractivity contribution >= 4 is 17.7 Å². The summed E-state index contributed by atoms with van der Waals surface area (Å²) >= 11 is 0. The Morgan fingerprint density at radius 3 is 2.10 bits per heavy atom. The molecule has 1 amide bonds. The number of carbonyl (C=O) groups excluding carboxylic acids is 3. The second-order valence-corrected chi connectivity index (χ2v) is 7.56. The van der Waals surface area contributed by atoms with E-state index in [9.17, 15) is 19.6 Å². The van der Waals surface area contributed by atoms with Gasteiger partial charge in [0, 0.05) is 11.1 Å². The SMILES string of the molecule is C[C@@H](OC(=O)c1ccc(C(=O)c2ccccc2)cc1)C(=O)NC1(C#N)CCCCC1. The van der Waals surface area contributed by atoms with E-state index in [4.69, 9.17) is 4.74 Å². The monoisotopic (exact) mass is 404 g/mol. The maximum Gasteiger partial charge on any atom is 0.338 e. The van der Waals surface area contributed by atoms with Gasteiger partial charge in [0.15, 0.2) is 11.9 Å². The van der Waals surface area contributed by atoms with E-state index < -0.39 is 23.5 Å². The predicted molar refractivity (Wildman–Crippen MR) is 111 cm³/mol. The van der Waals surface area contributed by atoms with Gasteiger partial charge in [-0.15, -0.1) is 0 Å². The number of carbonyl (C=O) groups is 3. The highest BCUT2D eigenvalue weighted by molar-refractivity contribution is 6.09. The lowest BCUT2D eigenvalue weighted by Crippen LogP contribution is -2.52. The molecule has 1 saturated carbocycles. The number of hydrogen-bond donors (Lipinski definition) is 1. The van der Waals surface area contributed by atoms with Gasteiger partial charge in [-0.05, 0) is 31.9 Å². The molecule has 1 N–H and O–H groups in total. The number of esters is 1. The van der Waals surface area contributed by atoms with E-state index in [2.05, 4.69) is 11.4 Å². The van der Waals surface area contributed by atoms with Crippen LogP contribution in [0.3, 0.4) is 0 Å². The van der Waals surface area contributed by atoms with Crippen LogP contribution in [0.5, 0.6) is 0 Å². The first-order valence-electron chi connectivity index (χ1n) is 10.1. The molecule has 0 radical (unpaired) electrons. The Kier molecular flexibility index (Phi) is 6.63. The molecular weight excluding hydrogens is 380 g/mol. The molecule has 0 saturated heterocycles. The number of nitrogens with zero attached hydrogens (tertiary/aromatic N) is 1. The van der Waals surface area contributed by atoms with Crippen LogP contribution in [0.2, 0.25) is 0 Å². The molecule has 0 bridgehead atoms. The lowest BCUT2D eigenvalue weighted by atomic mass is 9.83. The van der Waals surface area contributed by atoms with Gasteiger partial charge in [-0.1, -0.05) is 61.7 Å². The fourth-order valence-corrected chi connectivity index (χ4v) is 3.55. The molecule has 1 aliphatic carbocycles. The molecule has 30 heavy (non-hydrogen) atoms. The highest BCUT2D eigenvalue weighted by Crippen LogP contribution is 2.27. The Hall–Kier alpha value is -3.46. The molecular formula is C24H24N2O4. The van der Waals surface area contributed by atoms with Crippen LogP contribution in [-0.4, -0.2) is 29.3 Å². The fourth-order valence-electron chi connectivity index (χ4n) is 3.55. The van der Waals surface area contributed by atoms with Gasteiger partial charge in [0.1, 0.15) is 5.54 Å². The molecule has 0 aromatic heterocycles. The average Bonchev–Trinajstić information content (AvgIpc) is 2.79. The first-order chi connectivity index (χ1) is 14.4. The summed E-state index contributed by atoms with van der Waals surface area (Å²) in [5.74, 6) is -1.29. The third-order valence-corrected chi connectivity index (χ3v) is 5.36. The summed E-state index contributed by atoms with van der Waals surface area (Å²) < 4.78 is 5.27. The van der Waals surface area contributed by atoms with Crippen molar-refractivity contribution in [2.75, 3.05) is 0 Å². The Labute approximate surface area is 175 Å². The maximum absolute atomic E-state index is 12.5. The van der Waals surface area contributed by atoms with Crippen LogP contribution in [0.15, 0.2) is 54.6 Å². The van der Waals surface area contributed by atoms with E-state index in [1.54, 1.807) is 36.4 Å². The first-order valence-corrected chi connectivity index (χ1v) is 10.1. The third-order valence-electron chi connectivity index (χ3n) is 5.36. The van der Waals surface area contributed by atoms with Gasteiger partial charge >= 0.3 is 5.97 Å². The third kappa shape index (κ3) is 4.93. The Balaban J connectivity index is 1.60. The predicted octanol–water partition coefficient (Wildman–Crippen LogP) is 3.81. The van der Waals surface area contributed by atoms with Gasteiger partial charge in [0.2, 0.25) is 0 Å². The van der Waals surface area contributed by atoms with Crippen LogP contribution < -0.4 is 5.32 Å². The minimum absolute atomic E-state index is 0.141. The summed E-state index contributed by atoms with van der Waals surface area (Å²) in [4.78, 5) is 37.3. The number of ketones is 1. The zero-order valence-electron chi connectivity index (χ0n) is 16.9. The maximum atomic E-state index is 12.5.